The van der Waals surface area contributed by atoms with E-state index in [1.54, 1.807) is 29.2 Å². The van der Waals surface area contributed by atoms with Crippen molar-refractivity contribution in [3.8, 4) is 0 Å². The normalized spacial score (nSPS) is 23.2. The van der Waals surface area contributed by atoms with Crippen LogP contribution < -0.4 is 5.73 Å². The number of benzene rings is 2. The summed E-state index contributed by atoms with van der Waals surface area (Å²) in [5.41, 5.74) is 2.91. The molecular weight excluding hydrogens is 726 g/mol. The van der Waals surface area contributed by atoms with Crippen LogP contribution in [0.2, 0.25) is 0 Å². The second-order valence-electron chi connectivity index (χ2n) is 12.6. The first kappa shape index (κ1) is 36.9. The van der Waals surface area contributed by atoms with Crippen molar-refractivity contribution in [3.05, 3.63) is 69.2 Å². The third-order valence-electron chi connectivity index (χ3n) is 9.04. The van der Waals surface area contributed by atoms with Crippen LogP contribution in [0.5, 0.6) is 0 Å². The van der Waals surface area contributed by atoms with Crippen LogP contribution in [0.25, 0.3) is 0 Å². The second-order valence-corrected chi connectivity index (χ2v) is 13.5. The highest BCUT2D eigenvalue weighted by Crippen LogP contribution is 2.37. The van der Waals surface area contributed by atoms with E-state index in [0.717, 1.165) is 22.9 Å². The fourth-order valence-corrected chi connectivity index (χ4v) is 6.90. The van der Waals surface area contributed by atoms with Crippen molar-refractivity contribution in [3.63, 3.8) is 0 Å². The number of fused-ring (bicyclic) bond motifs is 1. The average Bonchev–Trinajstić information content (AvgIpc) is 3.56. The molecule has 9 nitrogen and oxygen atoms in total. The molecule has 2 aromatic rings. The molecule has 5 rings (SSSR count). The molecule has 2 N–H and O–H groups in total. The molecule has 49 heavy (non-hydrogen) atoms. The van der Waals surface area contributed by atoms with Gasteiger partial charge in [-0.3, -0.25) is 14.5 Å². The second kappa shape index (κ2) is 15.3. The Balaban J connectivity index is 1.46. The van der Waals surface area contributed by atoms with Crippen LogP contribution >= 0.6 is 15.9 Å². The number of alkyl halides is 6. The topological polar surface area (TPSA) is 105 Å². The summed E-state index contributed by atoms with van der Waals surface area (Å²) in [5, 5.41) is 0. The summed E-state index contributed by atoms with van der Waals surface area (Å²) in [6, 6.07) is 7.28. The standard InChI is InChI=1S/C33H37BrF6N4O5/c34-25-8-6-20(7-9-25)12-22-16-43(31(47)49-19-21-13-23(32(35,36)37)15-24(14-21)33(38,39)40)28-18-42(17-26-4-3-11-48-26)30(46)27(5-1-2-10-41)44(28)29(22)45/h6-9,13-15,22,26-28H,1-5,10-12,16-19,41H2/t22-,26?,27-,28+/m0/s1. The first-order chi connectivity index (χ1) is 23.2. The fraction of sp³-hybridized carbons (Fsp3) is 0.545. The van der Waals surface area contributed by atoms with Gasteiger partial charge in [0.2, 0.25) is 11.8 Å². The van der Waals surface area contributed by atoms with E-state index < -0.39 is 59.9 Å². The van der Waals surface area contributed by atoms with Gasteiger partial charge in [-0.15, -0.1) is 0 Å². The molecule has 3 amide bonds. The van der Waals surface area contributed by atoms with Crippen LogP contribution in [0.4, 0.5) is 31.1 Å². The first-order valence-corrected chi connectivity index (χ1v) is 16.8. The highest BCUT2D eigenvalue weighted by Gasteiger charge is 2.52. The van der Waals surface area contributed by atoms with Gasteiger partial charge in [-0.05, 0) is 86.5 Å². The molecule has 16 heteroatoms. The van der Waals surface area contributed by atoms with Crippen LogP contribution in [0, 0.1) is 5.92 Å². The number of piperazine rings is 1. The minimum atomic E-state index is -5.08. The summed E-state index contributed by atoms with van der Waals surface area (Å²) in [6.07, 6.45) is -9.27. The van der Waals surface area contributed by atoms with Crippen molar-refractivity contribution in [2.75, 3.05) is 32.8 Å². The number of amides is 3. The van der Waals surface area contributed by atoms with Gasteiger partial charge in [0.25, 0.3) is 0 Å². The van der Waals surface area contributed by atoms with E-state index in [4.69, 9.17) is 15.2 Å². The number of unbranched alkanes of at least 4 members (excludes halogenated alkanes) is 1. The van der Waals surface area contributed by atoms with Crippen molar-refractivity contribution in [2.24, 2.45) is 11.7 Å². The maximum absolute atomic E-state index is 14.2. The van der Waals surface area contributed by atoms with E-state index in [1.165, 1.54) is 9.80 Å². The SMILES string of the molecule is NCCCC[C@H]1C(=O)N(CC2CCCO2)C[C@@H]2N(C(=O)OCc3cc(C(F)(F)F)cc(C(F)(F)F)c3)C[C@H](Cc3ccc(Br)cc3)C(=O)N21. The van der Waals surface area contributed by atoms with Crippen LogP contribution in [0.15, 0.2) is 46.9 Å². The molecule has 3 aliphatic rings. The minimum Gasteiger partial charge on any atom is -0.444 e. The maximum Gasteiger partial charge on any atom is 0.416 e. The van der Waals surface area contributed by atoms with E-state index in [-0.39, 0.29) is 56.5 Å². The maximum atomic E-state index is 14.2. The largest absolute Gasteiger partial charge is 0.444 e. The molecule has 3 saturated heterocycles. The number of halogens is 7. The lowest BCUT2D eigenvalue weighted by Crippen LogP contribution is -2.73. The van der Waals surface area contributed by atoms with E-state index in [9.17, 15) is 40.7 Å². The number of ether oxygens (including phenoxy) is 2. The number of nitrogens with two attached hydrogens (primary N) is 1. The van der Waals surface area contributed by atoms with Gasteiger partial charge in [0, 0.05) is 24.2 Å². The Kier molecular flexibility index (Phi) is 11.5. The molecule has 0 aromatic heterocycles. The fourth-order valence-electron chi connectivity index (χ4n) is 6.64. The van der Waals surface area contributed by atoms with E-state index >= 15 is 0 Å². The average molecular weight is 764 g/mol. The zero-order chi connectivity index (χ0) is 35.5. The molecule has 3 heterocycles. The van der Waals surface area contributed by atoms with E-state index in [0.29, 0.717) is 38.1 Å². The van der Waals surface area contributed by atoms with Gasteiger partial charge in [0.05, 0.1) is 29.7 Å². The van der Waals surface area contributed by atoms with Gasteiger partial charge < -0.3 is 25.0 Å². The van der Waals surface area contributed by atoms with Gasteiger partial charge >= 0.3 is 18.4 Å². The highest BCUT2D eigenvalue weighted by atomic mass is 79.9. The van der Waals surface area contributed by atoms with Crippen molar-refractivity contribution >= 4 is 33.8 Å². The van der Waals surface area contributed by atoms with E-state index in [1.807, 2.05) is 0 Å². The van der Waals surface area contributed by atoms with Crippen LogP contribution in [-0.2, 0) is 44.4 Å². The summed E-state index contributed by atoms with van der Waals surface area (Å²) in [4.78, 5) is 46.2. The minimum absolute atomic E-state index is 0.00133. The number of carbonyl (C=O) groups excluding carboxylic acids is 3. The Morgan fingerprint density at radius 1 is 0.939 bits per heavy atom. The third kappa shape index (κ3) is 8.87. The molecule has 0 saturated carbocycles. The molecule has 2 aromatic carbocycles. The van der Waals surface area contributed by atoms with Crippen LogP contribution in [0.3, 0.4) is 0 Å². The first-order valence-electron chi connectivity index (χ1n) is 16.0. The number of hydrogen-bond acceptors (Lipinski definition) is 6. The summed E-state index contributed by atoms with van der Waals surface area (Å²) in [6.45, 7) is 0.0400. The summed E-state index contributed by atoms with van der Waals surface area (Å²) in [5.74, 6) is -1.45. The lowest BCUT2D eigenvalue weighted by molar-refractivity contribution is -0.174. The van der Waals surface area contributed by atoms with Crippen molar-refractivity contribution in [1.82, 2.24) is 14.7 Å². The highest BCUT2D eigenvalue weighted by molar-refractivity contribution is 9.10. The molecule has 4 atom stereocenters. The predicted octanol–water partition coefficient (Wildman–Crippen LogP) is 5.97. The molecule has 0 spiro atoms. The molecule has 0 bridgehead atoms. The van der Waals surface area contributed by atoms with Gasteiger partial charge in [0.15, 0.2) is 0 Å². The lowest BCUT2D eigenvalue weighted by atomic mass is 9.90. The number of hydrogen-bond donors (Lipinski definition) is 1. The molecular formula is C33H37BrF6N4O5. The van der Waals surface area contributed by atoms with Gasteiger partial charge in [-0.1, -0.05) is 28.1 Å². The van der Waals surface area contributed by atoms with Gasteiger partial charge in [-0.25, -0.2) is 4.79 Å². The monoisotopic (exact) mass is 762 g/mol. The zero-order valence-electron chi connectivity index (χ0n) is 26.4. The molecule has 0 radical (unpaired) electrons. The number of carbonyl (C=O) groups is 3. The Hall–Kier alpha value is -3.37. The Bertz CT molecular complexity index is 1470. The van der Waals surface area contributed by atoms with Crippen molar-refractivity contribution in [2.45, 2.75) is 75.8 Å². The molecule has 1 unspecified atom stereocenters. The summed E-state index contributed by atoms with van der Waals surface area (Å²) < 4.78 is 92.9. The Morgan fingerprint density at radius 2 is 1.61 bits per heavy atom. The van der Waals surface area contributed by atoms with E-state index in [2.05, 4.69) is 15.9 Å². The Labute approximate surface area is 287 Å². The number of nitrogens with zero attached hydrogens (tertiary/aromatic N) is 3. The predicted molar refractivity (Wildman–Crippen MR) is 168 cm³/mol. The van der Waals surface area contributed by atoms with Crippen molar-refractivity contribution in [1.29, 1.82) is 0 Å². The summed E-state index contributed by atoms with van der Waals surface area (Å²) in [7, 11) is 0. The van der Waals surface area contributed by atoms with Crippen molar-refractivity contribution < 1.29 is 50.2 Å². The van der Waals surface area contributed by atoms with Crippen LogP contribution in [0.1, 0.15) is 54.4 Å². The lowest BCUT2D eigenvalue weighted by Gasteiger charge is -2.54. The molecule has 268 valence electrons. The zero-order valence-corrected chi connectivity index (χ0v) is 28.0. The Morgan fingerprint density at radius 3 is 2.20 bits per heavy atom. The quantitative estimate of drug-likeness (QED) is 0.236. The molecule has 0 aliphatic carbocycles. The van der Waals surface area contributed by atoms with Crippen LogP contribution in [-0.4, -0.2) is 83.7 Å². The third-order valence-corrected chi connectivity index (χ3v) is 9.57. The molecule has 3 aliphatic heterocycles. The summed E-state index contributed by atoms with van der Waals surface area (Å²) >= 11 is 3.38. The smallest absolute Gasteiger partial charge is 0.416 e. The number of rotatable bonds is 10. The van der Waals surface area contributed by atoms with Gasteiger partial charge in [-0.2, -0.15) is 26.3 Å². The molecule has 3 fully saturated rings. The van der Waals surface area contributed by atoms with Gasteiger partial charge in [0.1, 0.15) is 18.8 Å².